The molecule has 0 aromatic heterocycles. The summed E-state index contributed by atoms with van der Waals surface area (Å²) in [5, 5.41) is 11.6. The fraction of sp³-hybridized carbons (Fsp3) is 0.500. The number of nitrogens with two attached hydrogens (primary N) is 1. The van der Waals surface area contributed by atoms with E-state index in [9.17, 15) is 4.39 Å². The highest BCUT2D eigenvalue weighted by molar-refractivity contribution is 5.98. The first-order valence-electron chi connectivity index (χ1n) is 6.32. The minimum Gasteiger partial charge on any atom is -0.409 e. The van der Waals surface area contributed by atoms with Crippen LogP contribution in [0.2, 0.25) is 0 Å². The first-order valence-corrected chi connectivity index (χ1v) is 6.32. The fourth-order valence-electron chi connectivity index (χ4n) is 1.93. The maximum absolute atomic E-state index is 13.2. The highest BCUT2D eigenvalue weighted by Gasteiger charge is 2.11. The van der Waals surface area contributed by atoms with E-state index in [2.05, 4.69) is 19.0 Å². The van der Waals surface area contributed by atoms with Gasteiger partial charge in [0.1, 0.15) is 5.82 Å². The summed E-state index contributed by atoms with van der Waals surface area (Å²) in [7, 11) is 0. The average molecular weight is 268 g/mol. The molecule has 1 unspecified atom stereocenters. The highest BCUT2D eigenvalue weighted by Crippen LogP contribution is 2.15. The van der Waals surface area contributed by atoms with Crippen LogP contribution in [-0.4, -0.2) is 17.1 Å². The number of halogens is 1. The SMILES string of the molecule is CC(C)CC(C)OCc1ccc(F)cc1/C(N)=N/O. The van der Waals surface area contributed by atoms with Gasteiger partial charge < -0.3 is 15.7 Å². The van der Waals surface area contributed by atoms with Crippen LogP contribution in [-0.2, 0) is 11.3 Å². The van der Waals surface area contributed by atoms with E-state index in [0.29, 0.717) is 23.7 Å². The highest BCUT2D eigenvalue weighted by atomic mass is 19.1. The van der Waals surface area contributed by atoms with E-state index in [-0.39, 0.29) is 11.9 Å². The molecular weight excluding hydrogens is 247 g/mol. The van der Waals surface area contributed by atoms with Gasteiger partial charge in [0, 0.05) is 5.56 Å². The Hall–Kier alpha value is -1.62. The van der Waals surface area contributed by atoms with E-state index >= 15 is 0 Å². The molecule has 0 heterocycles. The quantitative estimate of drug-likeness (QED) is 0.361. The second-order valence-corrected chi connectivity index (χ2v) is 5.04. The van der Waals surface area contributed by atoms with Crippen molar-refractivity contribution in [3.63, 3.8) is 0 Å². The van der Waals surface area contributed by atoms with Gasteiger partial charge in [0.2, 0.25) is 0 Å². The van der Waals surface area contributed by atoms with Gasteiger partial charge in [0.25, 0.3) is 0 Å². The monoisotopic (exact) mass is 268 g/mol. The summed E-state index contributed by atoms with van der Waals surface area (Å²) in [6, 6.07) is 4.16. The summed E-state index contributed by atoms with van der Waals surface area (Å²) < 4.78 is 18.9. The van der Waals surface area contributed by atoms with Crippen LogP contribution < -0.4 is 5.73 Å². The largest absolute Gasteiger partial charge is 0.409 e. The Kier molecular flexibility index (Phi) is 5.76. The van der Waals surface area contributed by atoms with Crippen molar-refractivity contribution in [1.82, 2.24) is 0 Å². The Bertz CT molecular complexity index is 447. The molecule has 106 valence electrons. The van der Waals surface area contributed by atoms with E-state index in [1.807, 2.05) is 6.92 Å². The molecule has 0 fully saturated rings. The number of oxime groups is 1. The molecule has 0 saturated carbocycles. The zero-order chi connectivity index (χ0) is 14.4. The molecule has 0 bridgehead atoms. The molecule has 0 aliphatic heterocycles. The number of benzene rings is 1. The van der Waals surface area contributed by atoms with Gasteiger partial charge in [-0.2, -0.15) is 0 Å². The number of nitrogens with zero attached hydrogens (tertiary/aromatic N) is 1. The lowest BCUT2D eigenvalue weighted by molar-refractivity contribution is 0.0396. The van der Waals surface area contributed by atoms with E-state index in [1.54, 1.807) is 6.07 Å². The summed E-state index contributed by atoms with van der Waals surface area (Å²) in [4.78, 5) is 0. The maximum Gasteiger partial charge on any atom is 0.170 e. The molecule has 0 radical (unpaired) electrons. The third-order valence-corrected chi connectivity index (χ3v) is 2.78. The lowest BCUT2D eigenvalue weighted by Crippen LogP contribution is -2.18. The van der Waals surface area contributed by atoms with E-state index in [1.165, 1.54) is 12.1 Å². The van der Waals surface area contributed by atoms with Crippen molar-refractivity contribution >= 4 is 5.84 Å². The molecule has 19 heavy (non-hydrogen) atoms. The van der Waals surface area contributed by atoms with Crippen LogP contribution in [0.3, 0.4) is 0 Å². The maximum atomic E-state index is 13.2. The summed E-state index contributed by atoms with van der Waals surface area (Å²) in [6.45, 7) is 6.55. The number of hydrogen-bond acceptors (Lipinski definition) is 3. The van der Waals surface area contributed by atoms with E-state index in [4.69, 9.17) is 15.7 Å². The lowest BCUT2D eigenvalue weighted by Gasteiger charge is -2.16. The Morgan fingerprint density at radius 2 is 2.11 bits per heavy atom. The summed E-state index contributed by atoms with van der Waals surface area (Å²) in [5.74, 6) is 0.00181. The Balaban J connectivity index is 2.78. The number of hydrogen-bond donors (Lipinski definition) is 2. The lowest BCUT2D eigenvalue weighted by atomic mass is 10.1. The van der Waals surface area contributed by atoms with Crippen molar-refractivity contribution in [3.8, 4) is 0 Å². The molecule has 0 amide bonds. The van der Waals surface area contributed by atoms with Gasteiger partial charge in [-0.15, -0.1) is 0 Å². The van der Waals surface area contributed by atoms with Crippen LogP contribution in [0.4, 0.5) is 4.39 Å². The van der Waals surface area contributed by atoms with Gasteiger partial charge in [-0.25, -0.2) is 4.39 Å². The number of rotatable bonds is 6. The molecule has 0 aliphatic carbocycles. The van der Waals surface area contributed by atoms with Gasteiger partial charge in [-0.1, -0.05) is 25.1 Å². The van der Waals surface area contributed by atoms with Crippen LogP contribution >= 0.6 is 0 Å². The smallest absolute Gasteiger partial charge is 0.170 e. The van der Waals surface area contributed by atoms with Gasteiger partial charge >= 0.3 is 0 Å². The first-order chi connectivity index (χ1) is 8.93. The molecule has 5 heteroatoms. The molecule has 0 aliphatic rings. The molecule has 0 saturated heterocycles. The number of ether oxygens (including phenoxy) is 1. The molecular formula is C14H21FN2O2. The van der Waals surface area contributed by atoms with Crippen molar-refractivity contribution < 1.29 is 14.3 Å². The molecule has 1 aromatic rings. The fourth-order valence-corrected chi connectivity index (χ4v) is 1.93. The van der Waals surface area contributed by atoms with Crippen molar-refractivity contribution in [2.24, 2.45) is 16.8 Å². The number of amidine groups is 1. The molecule has 1 rings (SSSR count). The first kappa shape index (κ1) is 15.4. The van der Waals surface area contributed by atoms with Gasteiger partial charge in [0.05, 0.1) is 12.7 Å². The Morgan fingerprint density at radius 3 is 2.68 bits per heavy atom. The Morgan fingerprint density at radius 1 is 1.42 bits per heavy atom. The van der Waals surface area contributed by atoms with Crippen molar-refractivity contribution in [3.05, 3.63) is 35.1 Å². The van der Waals surface area contributed by atoms with Crippen LogP contribution in [0, 0.1) is 11.7 Å². The minimum atomic E-state index is -0.430. The van der Waals surface area contributed by atoms with Crippen LogP contribution in [0.25, 0.3) is 0 Å². The minimum absolute atomic E-state index is 0.102. The third-order valence-electron chi connectivity index (χ3n) is 2.78. The molecule has 3 N–H and O–H groups in total. The normalized spacial score (nSPS) is 13.8. The summed E-state index contributed by atoms with van der Waals surface area (Å²) in [6.07, 6.45) is 1.05. The standard InChI is InChI=1S/C14H21FN2O2/c1-9(2)6-10(3)19-8-11-4-5-12(15)7-13(11)14(16)17-18/h4-5,7,9-10,18H,6,8H2,1-3H3,(H2,16,17). The van der Waals surface area contributed by atoms with Gasteiger partial charge in [-0.05, 0) is 37.0 Å². The topological polar surface area (TPSA) is 67.8 Å². The van der Waals surface area contributed by atoms with E-state index in [0.717, 1.165) is 6.42 Å². The van der Waals surface area contributed by atoms with Crippen molar-refractivity contribution in [2.45, 2.75) is 39.9 Å². The molecule has 1 aromatic carbocycles. The zero-order valence-corrected chi connectivity index (χ0v) is 11.6. The van der Waals surface area contributed by atoms with Crippen LogP contribution in [0.1, 0.15) is 38.3 Å². The molecule has 4 nitrogen and oxygen atoms in total. The second-order valence-electron chi connectivity index (χ2n) is 5.04. The van der Waals surface area contributed by atoms with Crippen LogP contribution in [0.5, 0.6) is 0 Å². The molecule has 0 spiro atoms. The van der Waals surface area contributed by atoms with E-state index < -0.39 is 5.82 Å². The van der Waals surface area contributed by atoms with Crippen molar-refractivity contribution in [2.75, 3.05) is 0 Å². The predicted octanol–water partition coefficient (Wildman–Crippen LogP) is 2.87. The zero-order valence-electron chi connectivity index (χ0n) is 11.6. The second kappa shape index (κ2) is 7.09. The van der Waals surface area contributed by atoms with Gasteiger partial charge in [-0.3, -0.25) is 0 Å². The summed E-state index contributed by atoms with van der Waals surface area (Å²) >= 11 is 0. The average Bonchev–Trinajstić information content (AvgIpc) is 2.35. The van der Waals surface area contributed by atoms with Gasteiger partial charge in [0.15, 0.2) is 5.84 Å². The third kappa shape index (κ3) is 4.87. The molecule has 1 atom stereocenters. The predicted molar refractivity (Wildman–Crippen MR) is 72.6 cm³/mol. The van der Waals surface area contributed by atoms with Crippen molar-refractivity contribution in [1.29, 1.82) is 0 Å². The Labute approximate surface area is 113 Å². The van der Waals surface area contributed by atoms with Crippen LogP contribution in [0.15, 0.2) is 23.4 Å². The summed E-state index contributed by atoms with van der Waals surface area (Å²) in [5.41, 5.74) is 6.59.